The second-order valence-corrected chi connectivity index (χ2v) is 5.23. The predicted molar refractivity (Wildman–Crippen MR) is 72.6 cm³/mol. The van der Waals surface area contributed by atoms with Crippen molar-refractivity contribution in [3.63, 3.8) is 0 Å². The first-order chi connectivity index (χ1) is 8.70. The Morgan fingerprint density at radius 1 is 1.39 bits per heavy atom. The molecule has 3 nitrogen and oxygen atoms in total. The minimum absolute atomic E-state index is 0.364. The summed E-state index contributed by atoms with van der Waals surface area (Å²) in [4.78, 5) is 0. The Kier molecular flexibility index (Phi) is 4.63. The van der Waals surface area contributed by atoms with Crippen LogP contribution in [0.3, 0.4) is 0 Å². The molecule has 96 valence electrons. The Bertz CT molecular complexity index is 530. The number of nitrogens with one attached hydrogen (secondary N) is 1. The number of hydrogen-bond acceptors (Lipinski definition) is 4. The van der Waals surface area contributed by atoms with E-state index in [0.29, 0.717) is 15.6 Å². The van der Waals surface area contributed by atoms with Crippen LogP contribution in [0.4, 0.5) is 4.39 Å². The summed E-state index contributed by atoms with van der Waals surface area (Å²) in [6, 6.07) is 4.57. The average Bonchev–Trinajstić information content (AvgIpc) is 2.78. The van der Waals surface area contributed by atoms with E-state index in [0.717, 1.165) is 24.5 Å². The first kappa shape index (κ1) is 13.4. The molecule has 0 fully saturated rings. The summed E-state index contributed by atoms with van der Waals surface area (Å²) >= 11 is 7.12. The third-order valence-corrected chi connectivity index (χ3v) is 3.65. The van der Waals surface area contributed by atoms with E-state index in [2.05, 4.69) is 22.4 Å². The zero-order valence-electron chi connectivity index (χ0n) is 9.91. The molecule has 0 atom stereocenters. The summed E-state index contributed by atoms with van der Waals surface area (Å²) in [7, 11) is 0. The second-order valence-electron chi connectivity index (χ2n) is 3.73. The van der Waals surface area contributed by atoms with Crippen LogP contribution < -0.4 is 5.32 Å². The van der Waals surface area contributed by atoms with E-state index in [1.807, 2.05) is 0 Å². The molecule has 0 radical (unpaired) electrons. The van der Waals surface area contributed by atoms with Gasteiger partial charge in [0.2, 0.25) is 0 Å². The van der Waals surface area contributed by atoms with Crippen LogP contribution in [-0.4, -0.2) is 23.3 Å². The van der Waals surface area contributed by atoms with Gasteiger partial charge in [-0.3, -0.25) is 0 Å². The van der Waals surface area contributed by atoms with Crippen LogP contribution >= 0.6 is 22.9 Å². The van der Waals surface area contributed by atoms with Crippen LogP contribution in [0, 0.1) is 5.82 Å². The maximum Gasteiger partial charge on any atom is 0.150 e. The van der Waals surface area contributed by atoms with E-state index < -0.39 is 0 Å². The van der Waals surface area contributed by atoms with Crippen LogP contribution in [0.2, 0.25) is 5.02 Å². The minimum atomic E-state index is -0.364. The molecule has 0 aliphatic rings. The molecule has 0 amide bonds. The lowest BCUT2D eigenvalue weighted by Crippen LogP contribution is -2.15. The van der Waals surface area contributed by atoms with Crippen molar-refractivity contribution in [1.82, 2.24) is 15.5 Å². The molecule has 0 saturated heterocycles. The molecule has 0 bridgehead atoms. The highest BCUT2D eigenvalue weighted by atomic mass is 35.5. The Morgan fingerprint density at radius 2 is 2.22 bits per heavy atom. The van der Waals surface area contributed by atoms with Gasteiger partial charge in [-0.1, -0.05) is 29.9 Å². The summed E-state index contributed by atoms with van der Waals surface area (Å²) in [5, 5.41) is 13.2. The van der Waals surface area contributed by atoms with Gasteiger partial charge in [0.1, 0.15) is 10.8 Å². The molecule has 18 heavy (non-hydrogen) atoms. The smallest absolute Gasteiger partial charge is 0.150 e. The van der Waals surface area contributed by atoms with E-state index >= 15 is 0 Å². The van der Waals surface area contributed by atoms with Gasteiger partial charge in [-0.15, -0.1) is 10.2 Å². The lowest BCUT2D eigenvalue weighted by atomic mass is 10.2. The second kappa shape index (κ2) is 6.22. The molecular weight excluding hydrogens is 273 g/mol. The van der Waals surface area contributed by atoms with Gasteiger partial charge < -0.3 is 5.32 Å². The maximum atomic E-state index is 13.7. The Hall–Kier alpha value is -1.04. The lowest BCUT2D eigenvalue weighted by molar-refractivity contribution is 0.631. The summed E-state index contributed by atoms with van der Waals surface area (Å²) in [6.07, 6.45) is 0.806. The number of rotatable bonds is 5. The van der Waals surface area contributed by atoms with Gasteiger partial charge in [-0.25, -0.2) is 4.39 Å². The lowest BCUT2D eigenvalue weighted by Gasteiger charge is -1.98. The first-order valence-electron chi connectivity index (χ1n) is 5.69. The Labute approximate surface area is 114 Å². The molecule has 1 N–H and O–H groups in total. The highest BCUT2D eigenvalue weighted by Gasteiger charge is 2.11. The van der Waals surface area contributed by atoms with Crippen molar-refractivity contribution < 1.29 is 4.39 Å². The normalized spacial score (nSPS) is 10.8. The molecule has 1 aromatic carbocycles. The monoisotopic (exact) mass is 285 g/mol. The standard InChI is InChI=1S/C12H13ClFN3S/c1-2-15-6-5-11-16-17-12(18-11)9-4-3-8(13)7-10(9)14/h3-4,7,15H,2,5-6H2,1H3. The maximum absolute atomic E-state index is 13.7. The number of likely N-dealkylation sites (N-methyl/N-ethyl adjacent to an activating group) is 1. The van der Waals surface area contributed by atoms with E-state index in [-0.39, 0.29) is 5.82 Å². The molecule has 0 saturated carbocycles. The van der Waals surface area contributed by atoms with Gasteiger partial charge >= 0.3 is 0 Å². The highest BCUT2D eigenvalue weighted by Crippen LogP contribution is 2.27. The van der Waals surface area contributed by atoms with Gasteiger partial charge in [0, 0.05) is 23.6 Å². The fraction of sp³-hybridized carbons (Fsp3) is 0.333. The van der Waals surface area contributed by atoms with Crippen molar-refractivity contribution >= 4 is 22.9 Å². The summed E-state index contributed by atoms with van der Waals surface area (Å²) in [5.41, 5.74) is 0.451. The summed E-state index contributed by atoms with van der Waals surface area (Å²) < 4.78 is 13.7. The molecular formula is C12H13ClFN3S. The molecule has 0 aliphatic heterocycles. The minimum Gasteiger partial charge on any atom is -0.317 e. The topological polar surface area (TPSA) is 37.8 Å². The molecule has 0 spiro atoms. The van der Waals surface area contributed by atoms with Crippen LogP contribution in [-0.2, 0) is 6.42 Å². The average molecular weight is 286 g/mol. The zero-order chi connectivity index (χ0) is 13.0. The first-order valence-corrected chi connectivity index (χ1v) is 6.88. The van der Waals surface area contributed by atoms with Crippen molar-refractivity contribution in [1.29, 1.82) is 0 Å². The highest BCUT2D eigenvalue weighted by molar-refractivity contribution is 7.14. The Morgan fingerprint density at radius 3 is 2.94 bits per heavy atom. The number of nitrogens with zero attached hydrogens (tertiary/aromatic N) is 2. The molecule has 2 aromatic rings. The van der Waals surface area contributed by atoms with Crippen molar-refractivity contribution in [2.45, 2.75) is 13.3 Å². The largest absolute Gasteiger partial charge is 0.317 e. The number of halogens is 2. The van der Waals surface area contributed by atoms with Gasteiger partial charge in [0.15, 0.2) is 5.01 Å². The SMILES string of the molecule is CCNCCc1nnc(-c2ccc(Cl)cc2F)s1. The number of aromatic nitrogens is 2. The van der Waals surface area contributed by atoms with Crippen LogP contribution in [0.15, 0.2) is 18.2 Å². The fourth-order valence-electron chi connectivity index (χ4n) is 1.50. The third kappa shape index (κ3) is 3.25. The van der Waals surface area contributed by atoms with Gasteiger partial charge in [-0.2, -0.15) is 0 Å². The number of benzene rings is 1. The van der Waals surface area contributed by atoms with E-state index in [1.165, 1.54) is 17.4 Å². The van der Waals surface area contributed by atoms with Crippen LogP contribution in [0.1, 0.15) is 11.9 Å². The molecule has 0 unspecified atom stereocenters. The van der Waals surface area contributed by atoms with Crippen molar-refractivity contribution in [3.8, 4) is 10.6 Å². The third-order valence-electron chi connectivity index (χ3n) is 2.39. The van der Waals surface area contributed by atoms with Crippen molar-refractivity contribution in [2.24, 2.45) is 0 Å². The molecule has 1 aromatic heterocycles. The molecule has 0 aliphatic carbocycles. The zero-order valence-corrected chi connectivity index (χ0v) is 11.5. The quantitative estimate of drug-likeness (QED) is 0.858. The van der Waals surface area contributed by atoms with Crippen molar-refractivity contribution in [3.05, 3.63) is 34.0 Å². The molecule has 2 rings (SSSR count). The van der Waals surface area contributed by atoms with E-state index in [1.54, 1.807) is 12.1 Å². The van der Waals surface area contributed by atoms with Crippen LogP contribution in [0.25, 0.3) is 10.6 Å². The van der Waals surface area contributed by atoms with E-state index in [4.69, 9.17) is 11.6 Å². The van der Waals surface area contributed by atoms with E-state index in [9.17, 15) is 4.39 Å². The van der Waals surface area contributed by atoms with Crippen molar-refractivity contribution in [2.75, 3.05) is 13.1 Å². The van der Waals surface area contributed by atoms with Gasteiger partial charge in [0.05, 0.1) is 0 Å². The molecule has 1 heterocycles. The van der Waals surface area contributed by atoms with Crippen LogP contribution in [0.5, 0.6) is 0 Å². The Balaban J connectivity index is 2.13. The molecule has 6 heteroatoms. The summed E-state index contributed by atoms with van der Waals surface area (Å²) in [6.45, 7) is 3.83. The number of hydrogen-bond donors (Lipinski definition) is 1. The van der Waals surface area contributed by atoms with Gasteiger partial charge in [0.25, 0.3) is 0 Å². The fourth-order valence-corrected chi connectivity index (χ4v) is 2.52. The van der Waals surface area contributed by atoms with Gasteiger partial charge in [-0.05, 0) is 24.7 Å². The predicted octanol–water partition coefficient (Wildman–Crippen LogP) is 3.15. The summed E-state index contributed by atoms with van der Waals surface area (Å²) in [5.74, 6) is -0.364.